The number of ether oxygens (including phenoxy) is 2. The van der Waals surface area contributed by atoms with E-state index in [-0.39, 0.29) is 18.0 Å². The number of hydrogen-bond acceptors (Lipinski definition) is 6. The second-order valence-electron chi connectivity index (χ2n) is 5.93. The van der Waals surface area contributed by atoms with Crippen molar-refractivity contribution in [1.29, 1.82) is 0 Å². The summed E-state index contributed by atoms with van der Waals surface area (Å²) in [7, 11) is -2.42. The van der Waals surface area contributed by atoms with E-state index in [1.807, 2.05) is 0 Å². The molecular formula is C19H21ClN2O6S. The number of carbonyl (C=O) groups excluding carboxylic acids is 2. The molecule has 2 aromatic carbocycles. The molecule has 1 amide bonds. The SMILES string of the molecule is CCOC(=O)c1ccc(NC(=O)CN(c2cc(Cl)ccc2OC)S(C)(=O)=O)cc1. The van der Waals surface area contributed by atoms with E-state index in [9.17, 15) is 18.0 Å². The summed E-state index contributed by atoms with van der Waals surface area (Å²) in [4.78, 5) is 24.1. The Morgan fingerprint density at radius 1 is 1.14 bits per heavy atom. The van der Waals surface area contributed by atoms with Crippen molar-refractivity contribution >= 4 is 44.9 Å². The maximum absolute atomic E-state index is 12.5. The number of methoxy groups -OCH3 is 1. The van der Waals surface area contributed by atoms with E-state index in [4.69, 9.17) is 21.1 Å². The number of hydrogen-bond donors (Lipinski definition) is 1. The van der Waals surface area contributed by atoms with Gasteiger partial charge in [-0.15, -0.1) is 0 Å². The topological polar surface area (TPSA) is 102 Å². The van der Waals surface area contributed by atoms with Gasteiger partial charge in [-0.25, -0.2) is 13.2 Å². The fraction of sp³-hybridized carbons (Fsp3) is 0.263. The van der Waals surface area contributed by atoms with Crippen molar-refractivity contribution in [2.75, 3.05) is 36.1 Å². The van der Waals surface area contributed by atoms with Crippen molar-refractivity contribution in [2.24, 2.45) is 0 Å². The highest BCUT2D eigenvalue weighted by molar-refractivity contribution is 7.92. The Morgan fingerprint density at radius 2 is 1.79 bits per heavy atom. The number of anilines is 2. The molecule has 0 aromatic heterocycles. The number of nitrogens with one attached hydrogen (secondary N) is 1. The number of sulfonamides is 1. The van der Waals surface area contributed by atoms with Crippen LogP contribution in [0.5, 0.6) is 5.75 Å². The molecule has 0 spiro atoms. The lowest BCUT2D eigenvalue weighted by Gasteiger charge is -2.24. The van der Waals surface area contributed by atoms with Crippen LogP contribution in [0.3, 0.4) is 0 Å². The molecule has 8 nitrogen and oxygen atoms in total. The Hall–Kier alpha value is -2.78. The Balaban J connectivity index is 2.20. The molecule has 2 aromatic rings. The predicted octanol–water partition coefficient (Wildman–Crippen LogP) is 2.93. The molecule has 0 unspecified atom stereocenters. The van der Waals surface area contributed by atoms with Crippen molar-refractivity contribution in [2.45, 2.75) is 6.92 Å². The molecule has 2 rings (SSSR count). The summed E-state index contributed by atoms with van der Waals surface area (Å²) in [5, 5.41) is 2.89. The monoisotopic (exact) mass is 440 g/mol. The minimum Gasteiger partial charge on any atom is -0.495 e. The van der Waals surface area contributed by atoms with Crippen LogP contribution in [0.1, 0.15) is 17.3 Å². The van der Waals surface area contributed by atoms with Crippen LogP contribution in [0.25, 0.3) is 0 Å². The number of carbonyl (C=O) groups is 2. The van der Waals surface area contributed by atoms with E-state index in [0.29, 0.717) is 16.3 Å². The van der Waals surface area contributed by atoms with Crippen LogP contribution in [-0.4, -0.2) is 46.8 Å². The van der Waals surface area contributed by atoms with Crippen molar-refractivity contribution < 1.29 is 27.5 Å². The van der Waals surface area contributed by atoms with Crippen molar-refractivity contribution in [3.05, 3.63) is 53.1 Å². The summed E-state index contributed by atoms with van der Waals surface area (Å²) >= 11 is 5.98. The summed E-state index contributed by atoms with van der Waals surface area (Å²) in [5.41, 5.74) is 0.885. The normalized spacial score (nSPS) is 10.9. The Kier molecular flexibility index (Phi) is 7.46. The number of benzene rings is 2. The highest BCUT2D eigenvalue weighted by Gasteiger charge is 2.24. The van der Waals surface area contributed by atoms with E-state index < -0.39 is 28.4 Å². The number of halogens is 1. The van der Waals surface area contributed by atoms with Gasteiger partial charge in [-0.05, 0) is 49.4 Å². The molecule has 0 saturated heterocycles. The minimum absolute atomic E-state index is 0.148. The lowest BCUT2D eigenvalue weighted by molar-refractivity contribution is -0.114. The van der Waals surface area contributed by atoms with Crippen LogP contribution in [0.4, 0.5) is 11.4 Å². The summed E-state index contributed by atoms with van der Waals surface area (Å²) in [5.74, 6) is -0.797. The van der Waals surface area contributed by atoms with Crippen molar-refractivity contribution in [1.82, 2.24) is 0 Å². The zero-order chi connectivity index (χ0) is 21.6. The van der Waals surface area contributed by atoms with Gasteiger partial charge in [-0.3, -0.25) is 9.10 Å². The van der Waals surface area contributed by atoms with Gasteiger partial charge in [0.1, 0.15) is 12.3 Å². The zero-order valence-corrected chi connectivity index (χ0v) is 17.7. The van der Waals surface area contributed by atoms with Crippen LogP contribution < -0.4 is 14.4 Å². The molecule has 10 heteroatoms. The van der Waals surface area contributed by atoms with Gasteiger partial charge in [0, 0.05) is 10.7 Å². The standard InChI is InChI=1S/C19H21ClN2O6S/c1-4-28-19(24)13-5-8-15(9-6-13)21-18(23)12-22(29(3,25)26)16-11-14(20)7-10-17(16)27-2/h5-11H,4,12H2,1-3H3,(H,21,23). The first-order valence-electron chi connectivity index (χ1n) is 8.54. The average Bonchev–Trinajstić information content (AvgIpc) is 2.66. The zero-order valence-electron chi connectivity index (χ0n) is 16.1. The average molecular weight is 441 g/mol. The van der Waals surface area contributed by atoms with Gasteiger partial charge in [0.15, 0.2) is 0 Å². The van der Waals surface area contributed by atoms with Gasteiger partial charge in [0.25, 0.3) is 0 Å². The fourth-order valence-electron chi connectivity index (χ4n) is 2.47. The summed E-state index contributed by atoms with van der Waals surface area (Å²) < 4.78 is 35.5. The van der Waals surface area contributed by atoms with Crippen LogP contribution in [-0.2, 0) is 19.6 Å². The van der Waals surface area contributed by atoms with Crippen LogP contribution in [0.15, 0.2) is 42.5 Å². The molecule has 0 heterocycles. The van der Waals surface area contributed by atoms with Crippen molar-refractivity contribution in [3.63, 3.8) is 0 Å². The van der Waals surface area contributed by atoms with Crippen LogP contribution >= 0.6 is 11.6 Å². The third-order valence-corrected chi connectivity index (χ3v) is 5.14. The molecule has 0 radical (unpaired) electrons. The molecule has 29 heavy (non-hydrogen) atoms. The largest absolute Gasteiger partial charge is 0.495 e. The Bertz CT molecular complexity index is 992. The maximum atomic E-state index is 12.5. The number of esters is 1. The lowest BCUT2D eigenvalue weighted by atomic mass is 10.2. The molecule has 1 N–H and O–H groups in total. The predicted molar refractivity (Wildman–Crippen MR) is 111 cm³/mol. The molecule has 0 saturated carbocycles. The number of amides is 1. The van der Waals surface area contributed by atoms with Gasteiger partial charge in [-0.1, -0.05) is 11.6 Å². The molecule has 0 aliphatic carbocycles. The third kappa shape index (κ3) is 6.10. The Labute approximate surface area is 174 Å². The van der Waals surface area contributed by atoms with Gasteiger partial charge < -0.3 is 14.8 Å². The minimum atomic E-state index is -3.81. The van der Waals surface area contributed by atoms with E-state index in [1.165, 1.54) is 43.5 Å². The molecule has 156 valence electrons. The first-order chi connectivity index (χ1) is 13.7. The van der Waals surface area contributed by atoms with Gasteiger partial charge in [-0.2, -0.15) is 0 Å². The summed E-state index contributed by atoms with van der Waals surface area (Å²) in [6, 6.07) is 10.5. The van der Waals surface area contributed by atoms with E-state index in [2.05, 4.69) is 5.32 Å². The molecule has 0 fully saturated rings. The smallest absolute Gasteiger partial charge is 0.338 e. The maximum Gasteiger partial charge on any atom is 0.338 e. The summed E-state index contributed by atoms with van der Waals surface area (Å²) in [6.45, 7) is 1.47. The highest BCUT2D eigenvalue weighted by Crippen LogP contribution is 2.32. The van der Waals surface area contributed by atoms with Gasteiger partial charge >= 0.3 is 5.97 Å². The molecular weight excluding hydrogens is 420 g/mol. The van der Waals surface area contributed by atoms with Crippen LogP contribution in [0.2, 0.25) is 5.02 Å². The number of rotatable bonds is 8. The van der Waals surface area contributed by atoms with Crippen molar-refractivity contribution in [3.8, 4) is 5.75 Å². The Morgan fingerprint density at radius 3 is 2.34 bits per heavy atom. The molecule has 0 aliphatic rings. The summed E-state index contributed by atoms with van der Waals surface area (Å²) in [6.07, 6.45) is 0.981. The highest BCUT2D eigenvalue weighted by atomic mass is 35.5. The molecule has 0 aliphatic heterocycles. The lowest BCUT2D eigenvalue weighted by Crippen LogP contribution is -2.37. The van der Waals surface area contributed by atoms with Gasteiger partial charge in [0.05, 0.1) is 31.2 Å². The first kappa shape index (κ1) is 22.5. The second-order valence-corrected chi connectivity index (χ2v) is 8.28. The second kappa shape index (κ2) is 9.62. The molecule has 0 bridgehead atoms. The third-order valence-electron chi connectivity index (χ3n) is 3.78. The fourth-order valence-corrected chi connectivity index (χ4v) is 3.49. The van der Waals surface area contributed by atoms with Gasteiger partial charge in [0.2, 0.25) is 15.9 Å². The van der Waals surface area contributed by atoms with E-state index in [0.717, 1.165) is 10.6 Å². The van der Waals surface area contributed by atoms with Crippen LogP contribution in [0, 0.1) is 0 Å². The van der Waals surface area contributed by atoms with E-state index in [1.54, 1.807) is 13.0 Å². The number of nitrogens with zero attached hydrogens (tertiary/aromatic N) is 1. The van der Waals surface area contributed by atoms with E-state index >= 15 is 0 Å². The first-order valence-corrected chi connectivity index (χ1v) is 10.8. The quantitative estimate of drug-likeness (QED) is 0.633. The molecule has 0 atom stereocenters.